The molecule has 0 heterocycles. The van der Waals surface area contributed by atoms with E-state index in [1.165, 1.54) is 12.1 Å². The lowest BCUT2D eigenvalue weighted by molar-refractivity contribution is -0.240. The van der Waals surface area contributed by atoms with Crippen molar-refractivity contribution in [2.45, 2.75) is 34.2 Å². The Morgan fingerprint density at radius 1 is 0.854 bits per heavy atom. The van der Waals surface area contributed by atoms with E-state index in [1.54, 1.807) is 5.92 Å². The zero-order valence-electron chi connectivity index (χ0n) is 20.8. The Bertz CT molecular complexity index is 1700. The number of alkyl halides is 6. The molecule has 0 saturated carbocycles. The number of sulfonamides is 1. The summed E-state index contributed by atoms with van der Waals surface area (Å²) < 4.78 is 133. The van der Waals surface area contributed by atoms with Gasteiger partial charge in [-0.05, 0) is 48.4 Å². The number of halogens is 7. The third-order valence-electron chi connectivity index (χ3n) is 5.65. The van der Waals surface area contributed by atoms with Gasteiger partial charge in [-0.1, -0.05) is 47.9 Å². The van der Waals surface area contributed by atoms with Crippen LogP contribution in [-0.2, 0) is 25.5 Å². The van der Waals surface area contributed by atoms with Crippen molar-refractivity contribution in [2.24, 2.45) is 0 Å². The highest BCUT2D eigenvalue weighted by atomic mass is 35.5. The molecule has 0 aromatic heterocycles. The van der Waals surface area contributed by atoms with Gasteiger partial charge in [0.25, 0.3) is 15.6 Å². The van der Waals surface area contributed by atoms with Gasteiger partial charge in [-0.25, -0.2) is 16.8 Å². The molecule has 0 aliphatic heterocycles. The fraction of sp³-hybridized carbons (Fsp3) is 0.231. The Hall–Kier alpha value is -3.25. The van der Waals surface area contributed by atoms with Crippen LogP contribution in [0.2, 0.25) is 5.02 Å². The standard InChI is InChI=1S/C26H20ClF6NO5S2/c1-40(36,37)19-12-10-18(11-13-19)14-15-24(35,26(31,32)33)20-6-2-4-8-22(20)34(17-16-25(28,29)30)41(38,39)23-9-5-3-7-21(23)27/h2-13,35H,16-17H2,1H3. The van der Waals surface area contributed by atoms with Crippen LogP contribution < -0.4 is 4.31 Å². The van der Waals surface area contributed by atoms with Crippen molar-refractivity contribution in [3.05, 3.63) is 88.9 Å². The van der Waals surface area contributed by atoms with Crippen LogP contribution in [0.3, 0.4) is 0 Å². The topological polar surface area (TPSA) is 91.8 Å². The van der Waals surface area contributed by atoms with Crippen LogP contribution >= 0.6 is 11.6 Å². The Morgan fingerprint density at radius 3 is 1.95 bits per heavy atom. The minimum Gasteiger partial charge on any atom is -0.366 e. The maximum absolute atomic E-state index is 14.4. The fourth-order valence-corrected chi connectivity index (χ4v) is 6.22. The molecule has 0 amide bonds. The minimum atomic E-state index is -5.58. The molecule has 3 aromatic rings. The summed E-state index contributed by atoms with van der Waals surface area (Å²) in [6, 6.07) is 12.6. The van der Waals surface area contributed by atoms with E-state index in [4.69, 9.17) is 11.6 Å². The summed E-state index contributed by atoms with van der Waals surface area (Å²) in [5.41, 5.74) is -6.30. The second-order valence-corrected chi connectivity index (χ2v) is 12.9. The van der Waals surface area contributed by atoms with Crippen LogP contribution in [0.1, 0.15) is 17.5 Å². The van der Waals surface area contributed by atoms with Gasteiger partial charge in [-0.15, -0.1) is 0 Å². The van der Waals surface area contributed by atoms with E-state index in [0.29, 0.717) is 6.07 Å². The van der Waals surface area contributed by atoms with E-state index in [2.05, 4.69) is 5.92 Å². The number of rotatable bonds is 7. The first-order chi connectivity index (χ1) is 18.8. The molecule has 15 heteroatoms. The lowest BCUT2D eigenvalue weighted by Gasteiger charge is -2.32. The normalized spacial score (nSPS) is 14.1. The van der Waals surface area contributed by atoms with Gasteiger partial charge in [0.1, 0.15) is 4.90 Å². The maximum Gasteiger partial charge on any atom is 0.433 e. The van der Waals surface area contributed by atoms with E-state index in [9.17, 15) is 48.3 Å². The zero-order chi connectivity index (χ0) is 30.9. The summed E-state index contributed by atoms with van der Waals surface area (Å²) >= 11 is 5.97. The largest absolute Gasteiger partial charge is 0.433 e. The quantitative estimate of drug-likeness (QED) is 0.265. The molecular formula is C26H20ClF6NO5S2. The Labute approximate surface area is 237 Å². The lowest BCUT2D eigenvalue weighted by atomic mass is 9.91. The molecule has 0 radical (unpaired) electrons. The van der Waals surface area contributed by atoms with E-state index in [0.717, 1.165) is 60.9 Å². The van der Waals surface area contributed by atoms with Crippen molar-refractivity contribution in [3.8, 4) is 11.8 Å². The van der Waals surface area contributed by atoms with Crippen molar-refractivity contribution < 1.29 is 48.3 Å². The molecule has 0 fully saturated rings. The summed E-state index contributed by atoms with van der Waals surface area (Å²) in [6.45, 7) is -1.34. The number of nitrogens with zero attached hydrogens (tertiary/aromatic N) is 1. The highest BCUT2D eigenvalue weighted by Crippen LogP contribution is 2.44. The van der Waals surface area contributed by atoms with Gasteiger partial charge in [0.05, 0.1) is 22.0 Å². The molecule has 220 valence electrons. The van der Waals surface area contributed by atoms with Gasteiger partial charge in [-0.2, -0.15) is 26.3 Å². The Kier molecular flexibility index (Phi) is 9.10. The molecule has 0 aliphatic rings. The zero-order valence-corrected chi connectivity index (χ0v) is 23.2. The van der Waals surface area contributed by atoms with Gasteiger partial charge in [0.15, 0.2) is 9.84 Å². The number of hydrogen-bond donors (Lipinski definition) is 1. The van der Waals surface area contributed by atoms with Crippen molar-refractivity contribution in [1.82, 2.24) is 0 Å². The molecule has 0 aliphatic carbocycles. The van der Waals surface area contributed by atoms with Crippen LogP contribution in [0.4, 0.5) is 32.0 Å². The van der Waals surface area contributed by atoms with Crippen LogP contribution in [0.25, 0.3) is 0 Å². The van der Waals surface area contributed by atoms with Crippen LogP contribution in [0.5, 0.6) is 0 Å². The van der Waals surface area contributed by atoms with Crippen LogP contribution in [-0.4, -0.2) is 47.1 Å². The molecule has 1 unspecified atom stereocenters. The third-order valence-corrected chi connectivity index (χ3v) is 9.09. The van der Waals surface area contributed by atoms with E-state index in [1.807, 2.05) is 0 Å². The average molecular weight is 640 g/mol. The molecule has 1 atom stereocenters. The summed E-state index contributed by atoms with van der Waals surface area (Å²) in [7, 11) is -8.63. The number of aliphatic hydroxyl groups is 1. The van der Waals surface area contributed by atoms with E-state index in [-0.39, 0.29) is 14.8 Å². The number of benzene rings is 3. The SMILES string of the molecule is CS(=O)(=O)c1ccc(C#CC(O)(c2ccccc2N(CCC(F)(F)F)S(=O)(=O)c2ccccc2Cl)C(F)(F)F)cc1. The van der Waals surface area contributed by atoms with Crippen molar-refractivity contribution in [1.29, 1.82) is 0 Å². The van der Waals surface area contributed by atoms with Crippen molar-refractivity contribution in [3.63, 3.8) is 0 Å². The van der Waals surface area contributed by atoms with Gasteiger partial charge in [0.2, 0.25) is 0 Å². The van der Waals surface area contributed by atoms with Crippen molar-refractivity contribution in [2.75, 3.05) is 17.1 Å². The maximum atomic E-state index is 14.4. The highest BCUT2D eigenvalue weighted by molar-refractivity contribution is 7.93. The number of hydrogen-bond acceptors (Lipinski definition) is 5. The molecule has 3 rings (SSSR count). The first-order valence-corrected chi connectivity index (χ1v) is 15.0. The van der Waals surface area contributed by atoms with E-state index >= 15 is 0 Å². The molecule has 41 heavy (non-hydrogen) atoms. The number of para-hydroxylation sites is 1. The molecular weight excluding hydrogens is 620 g/mol. The number of sulfone groups is 1. The van der Waals surface area contributed by atoms with E-state index < -0.39 is 71.9 Å². The molecule has 0 bridgehead atoms. The molecule has 6 nitrogen and oxygen atoms in total. The third kappa shape index (κ3) is 7.34. The lowest BCUT2D eigenvalue weighted by Crippen LogP contribution is -2.44. The average Bonchev–Trinajstić information content (AvgIpc) is 2.86. The first kappa shape index (κ1) is 32.3. The second kappa shape index (κ2) is 11.6. The summed E-state index contributed by atoms with van der Waals surface area (Å²) in [5.74, 6) is 3.75. The minimum absolute atomic E-state index is 0.0936. The van der Waals surface area contributed by atoms with Crippen LogP contribution in [0, 0.1) is 11.8 Å². The van der Waals surface area contributed by atoms with Crippen LogP contribution in [0.15, 0.2) is 82.6 Å². The summed E-state index contributed by atoms with van der Waals surface area (Å²) in [4.78, 5) is -0.823. The molecule has 1 N–H and O–H groups in total. The fourth-order valence-electron chi connectivity index (χ4n) is 3.61. The Morgan fingerprint density at radius 2 is 1.41 bits per heavy atom. The predicted octanol–water partition coefficient (Wildman–Crippen LogP) is 5.69. The monoisotopic (exact) mass is 639 g/mol. The van der Waals surface area contributed by atoms with Gasteiger partial charge in [0, 0.05) is 23.9 Å². The van der Waals surface area contributed by atoms with Crippen molar-refractivity contribution >= 4 is 37.1 Å². The predicted molar refractivity (Wildman–Crippen MR) is 139 cm³/mol. The summed E-state index contributed by atoms with van der Waals surface area (Å²) in [5, 5.41) is 10.6. The highest BCUT2D eigenvalue weighted by Gasteiger charge is 2.56. The first-order valence-electron chi connectivity index (χ1n) is 11.3. The number of anilines is 1. The molecule has 3 aromatic carbocycles. The molecule has 0 saturated heterocycles. The van der Waals surface area contributed by atoms with Gasteiger partial charge >= 0.3 is 12.4 Å². The molecule has 0 spiro atoms. The Balaban J connectivity index is 2.25. The van der Waals surface area contributed by atoms with Gasteiger partial charge < -0.3 is 5.11 Å². The van der Waals surface area contributed by atoms with Gasteiger partial charge in [-0.3, -0.25) is 4.31 Å². The second-order valence-electron chi connectivity index (χ2n) is 8.64. The smallest absolute Gasteiger partial charge is 0.366 e. The summed E-state index contributed by atoms with van der Waals surface area (Å²) in [6.07, 6.45) is -11.3.